The van der Waals surface area contributed by atoms with Crippen molar-refractivity contribution in [2.45, 2.75) is 18.4 Å². The molecule has 1 fully saturated rings. The normalized spacial score (nSPS) is 16.6. The SMILES string of the molecule is O=C(c1csc(-c2cn[nH]c2)c1)N1CCC(O)(c2ccncc2Cl)CC1. The summed E-state index contributed by atoms with van der Waals surface area (Å²) in [6.45, 7) is 0.954. The van der Waals surface area contributed by atoms with Crippen LogP contribution in [0.4, 0.5) is 0 Å². The summed E-state index contributed by atoms with van der Waals surface area (Å²) in [5.74, 6) is -0.0149. The fourth-order valence-corrected chi connectivity index (χ4v) is 4.43. The molecule has 1 saturated heterocycles. The van der Waals surface area contributed by atoms with E-state index in [1.165, 1.54) is 17.5 Å². The van der Waals surface area contributed by atoms with Crippen LogP contribution in [0.15, 0.2) is 42.3 Å². The topological polar surface area (TPSA) is 82.1 Å². The van der Waals surface area contributed by atoms with Gasteiger partial charge in [-0.1, -0.05) is 11.6 Å². The second kappa shape index (κ2) is 6.83. The van der Waals surface area contributed by atoms with Crippen LogP contribution in [0, 0.1) is 0 Å². The summed E-state index contributed by atoms with van der Waals surface area (Å²) in [6, 6.07) is 3.63. The van der Waals surface area contributed by atoms with Crippen LogP contribution in [-0.4, -0.2) is 44.2 Å². The first-order valence-electron chi connectivity index (χ1n) is 8.26. The number of aliphatic hydroxyl groups is 1. The Morgan fingerprint density at radius 3 is 2.85 bits per heavy atom. The number of piperidine rings is 1. The van der Waals surface area contributed by atoms with Gasteiger partial charge in [-0.05, 0) is 25.0 Å². The summed E-state index contributed by atoms with van der Waals surface area (Å²) < 4.78 is 0. The van der Waals surface area contributed by atoms with Gasteiger partial charge in [-0.25, -0.2) is 0 Å². The molecule has 0 radical (unpaired) electrons. The Bertz CT molecular complexity index is 917. The van der Waals surface area contributed by atoms with Gasteiger partial charge in [0.1, 0.15) is 0 Å². The van der Waals surface area contributed by atoms with Crippen LogP contribution in [0.1, 0.15) is 28.8 Å². The maximum Gasteiger partial charge on any atom is 0.254 e. The van der Waals surface area contributed by atoms with Crippen LogP contribution < -0.4 is 0 Å². The number of likely N-dealkylation sites (tertiary alicyclic amines) is 1. The lowest BCUT2D eigenvalue weighted by molar-refractivity contribution is -0.0211. The molecule has 0 unspecified atom stereocenters. The average Bonchev–Trinajstić information content (AvgIpc) is 3.33. The lowest BCUT2D eigenvalue weighted by Gasteiger charge is -2.38. The molecule has 6 nitrogen and oxygen atoms in total. The first-order valence-corrected chi connectivity index (χ1v) is 9.52. The van der Waals surface area contributed by atoms with Gasteiger partial charge in [0.15, 0.2) is 0 Å². The van der Waals surface area contributed by atoms with Crippen LogP contribution in [-0.2, 0) is 5.60 Å². The smallest absolute Gasteiger partial charge is 0.254 e. The molecule has 1 aliphatic rings. The van der Waals surface area contributed by atoms with Crippen molar-refractivity contribution >= 4 is 28.8 Å². The number of halogens is 1. The second-order valence-electron chi connectivity index (χ2n) is 6.37. The predicted octanol–water partition coefficient (Wildman–Crippen LogP) is 3.31. The number of amides is 1. The van der Waals surface area contributed by atoms with Gasteiger partial charge in [0.05, 0.1) is 22.4 Å². The molecule has 0 atom stereocenters. The standard InChI is InChI=1S/C18H17ClN4O2S/c19-15-10-20-4-1-14(15)18(25)2-5-23(6-3-18)17(24)12-7-16(26-11-12)13-8-21-22-9-13/h1,4,7-11,25H,2-3,5-6H2,(H,21,22). The molecular formula is C18H17ClN4O2S. The summed E-state index contributed by atoms with van der Waals surface area (Å²) in [4.78, 5) is 19.5. The summed E-state index contributed by atoms with van der Waals surface area (Å²) in [5, 5.41) is 20.0. The van der Waals surface area contributed by atoms with Crippen molar-refractivity contribution in [1.29, 1.82) is 0 Å². The maximum atomic E-state index is 12.8. The summed E-state index contributed by atoms with van der Waals surface area (Å²) >= 11 is 7.70. The van der Waals surface area contributed by atoms with Gasteiger partial charge in [-0.3, -0.25) is 14.9 Å². The number of aromatic amines is 1. The van der Waals surface area contributed by atoms with Crippen molar-refractivity contribution < 1.29 is 9.90 Å². The molecule has 0 spiro atoms. The van der Waals surface area contributed by atoms with Crippen molar-refractivity contribution in [1.82, 2.24) is 20.1 Å². The molecule has 8 heteroatoms. The van der Waals surface area contributed by atoms with Gasteiger partial charge < -0.3 is 10.0 Å². The number of carbonyl (C=O) groups excluding carboxylic acids is 1. The summed E-state index contributed by atoms with van der Waals surface area (Å²) in [5.41, 5.74) is 1.29. The van der Waals surface area contributed by atoms with Gasteiger partial charge in [0.2, 0.25) is 0 Å². The number of aromatic nitrogens is 3. The van der Waals surface area contributed by atoms with Crippen LogP contribution in [0.2, 0.25) is 5.02 Å². The Balaban J connectivity index is 1.46. The minimum absolute atomic E-state index is 0.0149. The van der Waals surface area contributed by atoms with E-state index in [9.17, 15) is 9.90 Å². The highest BCUT2D eigenvalue weighted by Gasteiger charge is 2.37. The fourth-order valence-electron chi connectivity index (χ4n) is 3.27. The number of thiophene rings is 1. The average molecular weight is 389 g/mol. The second-order valence-corrected chi connectivity index (χ2v) is 7.68. The number of nitrogens with zero attached hydrogens (tertiary/aromatic N) is 3. The minimum Gasteiger partial charge on any atom is -0.385 e. The highest BCUT2D eigenvalue weighted by molar-refractivity contribution is 7.13. The zero-order valence-electron chi connectivity index (χ0n) is 13.9. The Morgan fingerprint density at radius 2 is 2.15 bits per heavy atom. The van der Waals surface area contributed by atoms with Crippen molar-refractivity contribution in [3.63, 3.8) is 0 Å². The van der Waals surface area contributed by atoms with E-state index in [4.69, 9.17) is 11.6 Å². The van der Waals surface area contributed by atoms with Crippen LogP contribution in [0.25, 0.3) is 10.4 Å². The third-order valence-electron chi connectivity index (χ3n) is 4.78. The monoisotopic (exact) mass is 388 g/mol. The first-order chi connectivity index (χ1) is 12.6. The molecule has 2 N–H and O–H groups in total. The van der Waals surface area contributed by atoms with E-state index in [0.29, 0.717) is 42.1 Å². The van der Waals surface area contributed by atoms with Crippen molar-refractivity contribution in [2.75, 3.05) is 13.1 Å². The lowest BCUT2D eigenvalue weighted by atomic mass is 9.85. The summed E-state index contributed by atoms with van der Waals surface area (Å²) in [7, 11) is 0. The Hall–Kier alpha value is -2.22. The van der Waals surface area contributed by atoms with Gasteiger partial charge in [0, 0.05) is 53.1 Å². The quantitative estimate of drug-likeness (QED) is 0.721. The van der Waals surface area contributed by atoms with Crippen molar-refractivity contribution in [2.24, 2.45) is 0 Å². The Labute approximate surface area is 159 Å². The number of pyridine rings is 1. The number of rotatable bonds is 3. The third kappa shape index (κ3) is 3.13. The molecule has 3 aromatic heterocycles. The Morgan fingerprint density at radius 1 is 1.35 bits per heavy atom. The third-order valence-corrected chi connectivity index (χ3v) is 6.06. The molecule has 4 rings (SSSR count). The highest BCUT2D eigenvalue weighted by atomic mass is 35.5. The molecule has 0 aliphatic carbocycles. The van der Waals surface area contributed by atoms with Crippen LogP contribution in [0.5, 0.6) is 0 Å². The van der Waals surface area contributed by atoms with Crippen molar-refractivity contribution in [3.8, 4) is 10.4 Å². The van der Waals surface area contributed by atoms with E-state index in [2.05, 4.69) is 15.2 Å². The number of hydrogen-bond donors (Lipinski definition) is 2. The molecule has 0 aromatic carbocycles. The molecule has 0 bridgehead atoms. The van der Waals surface area contributed by atoms with Gasteiger partial charge in [0.25, 0.3) is 5.91 Å². The molecule has 26 heavy (non-hydrogen) atoms. The maximum absolute atomic E-state index is 12.8. The molecule has 1 amide bonds. The first kappa shape index (κ1) is 17.2. The number of H-pyrrole nitrogens is 1. The highest BCUT2D eigenvalue weighted by Crippen LogP contribution is 2.37. The molecule has 0 saturated carbocycles. The number of carbonyl (C=O) groups is 1. The lowest BCUT2D eigenvalue weighted by Crippen LogP contribution is -2.45. The largest absolute Gasteiger partial charge is 0.385 e. The van der Waals surface area contributed by atoms with Crippen molar-refractivity contribution in [3.05, 3.63) is 58.4 Å². The van der Waals surface area contributed by atoms with E-state index in [0.717, 1.165) is 10.4 Å². The van der Waals surface area contributed by atoms with Crippen LogP contribution in [0.3, 0.4) is 0 Å². The molecular weight excluding hydrogens is 372 g/mol. The van der Waals surface area contributed by atoms with Gasteiger partial charge in [-0.15, -0.1) is 11.3 Å². The molecule has 3 aromatic rings. The van der Waals surface area contributed by atoms with E-state index in [1.807, 2.05) is 11.4 Å². The molecule has 134 valence electrons. The molecule has 1 aliphatic heterocycles. The van der Waals surface area contributed by atoms with E-state index >= 15 is 0 Å². The zero-order chi connectivity index (χ0) is 18.1. The van der Waals surface area contributed by atoms with Crippen LogP contribution >= 0.6 is 22.9 Å². The Kier molecular flexibility index (Phi) is 4.52. The minimum atomic E-state index is -1.02. The molecule has 4 heterocycles. The number of hydrogen-bond acceptors (Lipinski definition) is 5. The predicted molar refractivity (Wildman–Crippen MR) is 100 cm³/mol. The number of nitrogens with one attached hydrogen (secondary N) is 1. The van der Waals surface area contributed by atoms with E-state index < -0.39 is 5.60 Å². The summed E-state index contributed by atoms with van der Waals surface area (Å²) in [6.07, 6.45) is 7.59. The van der Waals surface area contributed by atoms with Gasteiger partial charge >= 0.3 is 0 Å². The zero-order valence-corrected chi connectivity index (χ0v) is 15.4. The fraction of sp³-hybridized carbons (Fsp3) is 0.278. The van der Waals surface area contributed by atoms with Gasteiger partial charge in [-0.2, -0.15) is 5.10 Å². The van der Waals surface area contributed by atoms with E-state index in [1.54, 1.807) is 29.6 Å². The van der Waals surface area contributed by atoms with E-state index in [-0.39, 0.29) is 5.91 Å².